The molecule has 0 unspecified atom stereocenters. The molecule has 0 radical (unpaired) electrons. The predicted molar refractivity (Wildman–Crippen MR) is 167 cm³/mol. The van der Waals surface area contributed by atoms with E-state index in [0.717, 1.165) is 12.8 Å². The van der Waals surface area contributed by atoms with Gasteiger partial charge in [-0.3, -0.25) is 4.79 Å². The number of carbonyl (C=O) groups excluding carboxylic acids is 2. The highest BCUT2D eigenvalue weighted by Gasteiger charge is 2.25. The second kappa shape index (κ2) is 16.4. The van der Waals surface area contributed by atoms with Crippen LogP contribution in [0.4, 0.5) is 29.3 Å². The number of ether oxygens (including phenoxy) is 3. The summed E-state index contributed by atoms with van der Waals surface area (Å²) in [5.74, 6) is -1.67. The van der Waals surface area contributed by atoms with Gasteiger partial charge in [-0.25, -0.2) is 18.0 Å². The molecule has 0 aromatic heterocycles. The third-order valence-electron chi connectivity index (χ3n) is 8.01. The van der Waals surface area contributed by atoms with Gasteiger partial charge in [-0.1, -0.05) is 18.2 Å². The van der Waals surface area contributed by atoms with Crippen molar-refractivity contribution in [3.8, 4) is 0 Å². The Kier molecular flexibility index (Phi) is 11.9. The second-order valence-corrected chi connectivity index (χ2v) is 11.5. The molecule has 4 atom stereocenters. The largest absolute Gasteiger partial charge is 0.448 e. The number of anilines is 2. The highest BCUT2D eigenvalue weighted by atomic mass is 19.1. The predicted octanol–water partition coefficient (Wildman–Crippen LogP) is 4.96. The lowest BCUT2D eigenvalue weighted by Crippen LogP contribution is -2.50. The average molecular weight is 641 g/mol. The van der Waals surface area contributed by atoms with Crippen LogP contribution in [0.25, 0.3) is 0 Å². The van der Waals surface area contributed by atoms with Crippen molar-refractivity contribution in [3.05, 3.63) is 95.3 Å². The molecule has 246 valence electrons. The van der Waals surface area contributed by atoms with Crippen LogP contribution in [0.1, 0.15) is 30.4 Å². The minimum absolute atomic E-state index is 0.0404. The number of alkyl carbamates (subject to hydrolysis) is 1. The Balaban J connectivity index is 1.16. The molecule has 0 aliphatic carbocycles. The smallest absolute Gasteiger partial charge is 0.407 e. The van der Waals surface area contributed by atoms with Gasteiger partial charge in [-0.2, -0.15) is 0 Å². The Morgan fingerprint density at radius 3 is 2.43 bits per heavy atom. The zero-order valence-electron chi connectivity index (χ0n) is 25.4. The Morgan fingerprint density at radius 1 is 0.978 bits per heavy atom. The Morgan fingerprint density at radius 2 is 1.74 bits per heavy atom. The average Bonchev–Trinajstić information content (AvgIpc) is 3.06. The molecule has 0 bridgehead atoms. The standard InChI is InChI=1S/C34H39F3N4O5/c35-23-8-6-22(7-9-23)17-32(33(42)39-25-12-10-24(36)11-13-25)41-31-5-1-4-30(37)29(31)15-14-28-18-38-27(20-45-28)21-46-34(43)40-26-3-2-16-44-19-26/h1,4-13,26-28,32,38,41H,2-3,14-21H2,(H,39,42)(H,40,43)/t26-,27-,28+,32-/m0/s1. The molecule has 2 amide bonds. The molecular weight excluding hydrogens is 601 g/mol. The van der Waals surface area contributed by atoms with E-state index in [0.29, 0.717) is 61.7 Å². The van der Waals surface area contributed by atoms with Crippen molar-refractivity contribution in [1.29, 1.82) is 0 Å². The Hall–Kier alpha value is -4.13. The fraction of sp³-hybridized carbons (Fsp3) is 0.412. The van der Waals surface area contributed by atoms with Crippen LogP contribution in [0.2, 0.25) is 0 Å². The maximum Gasteiger partial charge on any atom is 0.407 e. The van der Waals surface area contributed by atoms with Crippen molar-refractivity contribution < 1.29 is 37.0 Å². The normalized spacial score (nSPS) is 20.4. The van der Waals surface area contributed by atoms with Crippen LogP contribution >= 0.6 is 0 Å². The molecule has 3 aromatic rings. The SMILES string of the molecule is O=C(N[C@H]1CCCOC1)OC[C@@H]1CO[C@H](CCc2c(F)cccc2N[C@@H](Cc2ccc(F)cc2)C(=O)Nc2ccc(F)cc2)CN1. The first-order valence-corrected chi connectivity index (χ1v) is 15.5. The highest BCUT2D eigenvalue weighted by Crippen LogP contribution is 2.24. The Bertz CT molecular complexity index is 1430. The van der Waals surface area contributed by atoms with E-state index in [1.54, 1.807) is 24.3 Å². The first-order chi connectivity index (χ1) is 22.3. The maximum atomic E-state index is 15.2. The number of hydrogen-bond donors (Lipinski definition) is 4. The van der Waals surface area contributed by atoms with Crippen LogP contribution in [0.5, 0.6) is 0 Å². The summed E-state index contributed by atoms with van der Waals surface area (Å²) in [6.07, 6.45) is 2.10. The fourth-order valence-electron chi connectivity index (χ4n) is 5.47. The number of rotatable bonds is 12. The molecule has 2 aliphatic heterocycles. The third kappa shape index (κ3) is 9.93. The molecule has 0 saturated carbocycles. The summed E-state index contributed by atoms with van der Waals surface area (Å²) in [5.41, 5.74) is 1.96. The zero-order chi connectivity index (χ0) is 32.3. The fourth-order valence-corrected chi connectivity index (χ4v) is 5.47. The van der Waals surface area contributed by atoms with E-state index < -0.39 is 35.5 Å². The van der Waals surface area contributed by atoms with Gasteiger partial charge in [-0.15, -0.1) is 0 Å². The molecule has 2 fully saturated rings. The van der Waals surface area contributed by atoms with Gasteiger partial charge in [0.2, 0.25) is 5.91 Å². The summed E-state index contributed by atoms with van der Waals surface area (Å²) in [6, 6.07) is 14.8. The number of carbonyl (C=O) groups is 2. The van der Waals surface area contributed by atoms with Crippen LogP contribution in [-0.4, -0.2) is 69.2 Å². The monoisotopic (exact) mass is 640 g/mol. The molecule has 9 nitrogen and oxygen atoms in total. The van der Waals surface area contributed by atoms with E-state index in [-0.39, 0.29) is 31.2 Å². The van der Waals surface area contributed by atoms with Crippen molar-refractivity contribution in [2.75, 3.05) is 43.6 Å². The van der Waals surface area contributed by atoms with Gasteiger partial charge in [0.15, 0.2) is 0 Å². The summed E-state index contributed by atoms with van der Waals surface area (Å²) in [5, 5.41) is 12.1. The summed E-state index contributed by atoms with van der Waals surface area (Å²) < 4.78 is 58.9. The number of nitrogens with one attached hydrogen (secondary N) is 4. The van der Waals surface area contributed by atoms with Crippen molar-refractivity contribution in [2.45, 2.75) is 56.3 Å². The highest BCUT2D eigenvalue weighted by molar-refractivity contribution is 5.96. The third-order valence-corrected chi connectivity index (χ3v) is 8.01. The molecule has 4 N–H and O–H groups in total. The second-order valence-electron chi connectivity index (χ2n) is 11.5. The lowest BCUT2D eigenvalue weighted by Gasteiger charge is -2.30. The van der Waals surface area contributed by atoms with E-state index in [2.05, 4.69) is 21.3 Å². The minimum Gasteiger partial charge on any atom is -0.448 e. The number of hydrogen-bond acceptors (Lipinski definition) is 7. The lowest BCUT2D eigenvalue weighted by atomic mass is 10.0. The minimum atomic E-state index is -0.854. The maximum absolute atomic E-state index is 15.2. The molecule has 3 aromatic carbocycles. The van der Waals surface area contributed by atoms with Crippen molar-refractivity contribution in [2.24, 2.45) is 0 Å². The number of morpholine rings is 1. The van der Waals surface area contributed by atoms with E-state index in [9.17, 15) is 18.4 Å². The van der Waals surface area contributed by atoms with E-state index in [1.807, 2.05) is 0 Å². The first-order valence-electron chi connectivity index (χ1n) is 15.5. The van der Waals surface area contributed by atoms with Crippen LogP contribution in [0, 0.1) is 17.5 Å². The van der Waals surface area contributed by atoms with Gasteiger partial charge >= 0.3 is 6.09 Å². The van der Waals surface area contributed by atoms with Gasteiger partial charge in [0, 0.05) is 36.5 Å². The summed E-state index contributed by atoms with van der Waals surface area (Å²) in [6.45, 7) is 2.18. The number of benzene rings is 3. The molecule has 46 heavy (non-hydrogen) atoms. The van der Waals surface area contributed by atoms with E-state index in [1.165, 1.54) is 42.5 Å². The van der Waals surface area contributed by atoms with Crippen LogP contribution < -0.4 is 21.3 Å². The van der Waals surface area contributed by atoms with Gasteiger partial charge in [0.25, 0.3) is 0 Å². The van der Waals surface area contributed by atoms with Gasteiger partial charge < -0.3 is 35.5 Å². The van der Waals surface area contributed by atoms with E-state index >= 15 is 4.39 Å². The summed E-state index contributed by atoms with van der Waals surface area (Å²) in [7, 11) is 0. The quantitative estimate of drug-likeness (QED) is 0.222. The molecule has 2 heterocycles. The summed E-state index contributed by atoms with van der Waals surface area (Å²) in [4.78, 5) is 25.5. The molecular formula is C34H39F3N4O5. The molecule has 5 rings (SSSR count). The number of halogens is 3. The zero-order valence-corrected chi connectivity index (χ0v) is 25.4. The van der Waals surface area contributed by atoms with Crippen LogP contribution in [-0.2, 0) is 31.8 Å². The molecule has 2 aliphatic rings. The van der Waals surface area contributed by atoms with Crippen molar-refractivity contribution >= 4 is 23.4 Å². The number of amides is 2. The summed E-state index contributed by atoms with van der Waals surface area (Å²) >= 11 is 0. The van der Waals surface area contributed by atoms with Gasteiger partial charge in [0.1, 0.15) is 30.1 Å². The van der Waals surface area contributed by atoms with Gasteiger partial charge in [-0.05, 0) is 79.8 Å². The van der Waals surface area contributed by atoms with Crippen LogP contribution in [0.3, 0.4) is 0 Å². The van der Waals surface area contributed by atoms with Gasteiger partial charge in [0.05, 0.1) is 31.4 Å². The molecule has 2 saturated heterocycles. The van der Waals surface area contributed by atoms with Crippen LogP contribution in [0.15, 0.2) is 66.7 Å². The lowest BCUT2D eigenvalue weighted by molar-refractivity contribution is -0.116. The first kappa shape index (κ1) is 33.2. The topological polar surface area (TPSA) is 110 Å². The molecule has 12 heteroatoms. The van der Waals surface area contributed by atoms with Crippen molar-refractivity contribution in [1.82, 2.24) is 10.6 Å². The molecule has 0 spiro atoms. The van der Waals surface area contributed by atoms with Crippen molar-refractivity contribution in [3.63, 3.8) is 0 Å². The van der Waals surface area contributed by atoms with E-state index in [4.69, 9.17) is 14.2 Å². The Labute approximate surface area is 266 Å².